The van der Waals surface area contributed by atoms with Crippen LogP contribution in [0.15, 0.2) is 24.3 Å². The quantitative estimate of drug-likeness (QED) is 0.621. The van der Waals surface area contributed by atoms with E-state index in [-0.39, 0.29) is 38.2 Å². The van der Waals surface area contributed by atoms with Crippen LogP contribution in [0.3, 0.4) is 0 Å². The Morgan fingerprint density at radius 1 is 1.18 bits per heavy atom. The summed E-state index contributed by atoms with van der Waals surface area (Å²) in [5, 5.41) is 11.0. The summed E-state index contributed by atoms with van der Waals surface area (Å²) in [5.41, 5.74) is 1.72. The molecular weight excluding hydrogens is 219 g/mol. The van der Waals surface area contributed by atoms with Crippen molar-refractivity contribution in [3.8, 4) is 0 Å². The van der Waals surface area contributed by atoms with Crippen LogP contribution in [0.25, 0.3) is 11.0 Å². The Morgan fingerprint density at radius 3 is 2.64 bits per heavy atom. The third kappa shape index (κ3) is 2.05. The fourth-order valence-corrected chi connectivity index (χ4v) is 0.752. The van der Waals surface area contributed by atoms with E-state index in [1.165, 1.54) is 0 Å². The van der Waals surface area contributed by atoms with Crippen molar-refractivity contribution in [2.75, 3.05) is 0 Å². The molecule has 0 aliphatic heterocycles. The number of aromatic nitrogens is 3. The van der Waals surface area contributed by atoms with Crippen LogP contribution in [0.2, 0.25) is 0 Å². The van der Waals surface area contributed by atoms with Gasteiger partial charge in [-0.15, -0.1) is 0 Å². The Kier molecular flexibility index (Phi) is 4.41. The molecule has 4 nitrogen and oxygen atoms in total. The van der Waals surface area contributed by atoms with Gasteiger partial charge in [0.1, 0.15) is 0 Å². The SMILES string of the molecule is O.[Y].c1ccc2[n-]nnc2c1. The molecule has 2 rings (SSSR count). The molecule has 0 fully saturated rings. The molecule has 0 saturated carbocycles. The van der Waals surface area contributed by atoms with Gasteiger partial charge in [0, 0.05) is 32.7 Å². The molecule has 0 bridgehead atoms. The maximum Gasteiger partial charge on any atom is 0 e. The monoisotopic (exact) mass is 225 g/mol. The van der Waals surface area contributed by atoms with E-state index >= 15 is 0 Å². The van der Waals surface area contributed by atoms with Crippen LogP contribution in [0, 0.1) is 0 Å². The standard InChI is InChI=1S/C6H4N3.H2O.Y/c1-2-4-6-5(3-1)7-9-8-6;;/h1-4H;1H2;/q-1;;. The summed E-state index contributed by atoms with van der Waals surface area (Å²) in [6.07, 6.45) is 0. The van der Waals surface area contributed by atoms with E-state index in [4.69, 9.17) is 0 Å². The number of benzene rings is 1. The van der Waals surface area contributed by atoms with Gasteiger partial charge in [-0.05, 0) is 11.0 Å². The molecule has 55 valence electrons. The van der Waals surface area contributed by atoms with Gasteiger partial charge in [-0.25, -0.2) is 0 Å². The first kappa shape index (κ1) is 10.7. The van der Waals surface area contributed by atoms with Gasteiger partial charge < -0.3 is 15.7 Å². The summed E-state index contributed by atoms with van der Waals surface area (Å²) in [5.74, 6) is 0. The van der Waals surface area contributed by atoms with Gasteiger partial charge in [0.15, 0.2) is 0 Å². The van der Waals surface area contributed by atoms with Crippen molar-refractivity contribution in [1.29, 1.82) is 0 Å². The zero-order valence-corrected chi connectivity index (χ0v) is 8.57. The van der Waals surface area contributed by atoms with Gasteiger partial charge >= 0.3 is 0 Å². The molecule has 0 amide bonds. The Labute approximate surface area is 88.6 Å². The van der Waals surface area contributed by atoms with Gasteiger partial charge in [-0.2, -0.15) is 0 Å². The molecule has 0 atom stereocenters. The smallest absolute Gasteiger partial charge is 0 e. The van der Waals surface area contributed by atoms with E-state index in [1.807, 2.05) is 24.3 Å². The summed E-state index contributed by atoms with van der Waals surface area (Å²) in [4.78, 5) is 0. The minimum atomic E-state index is 0. The average molecular weight is 225 g/mol. The number of fused-ring (bicyclic) bond motifs is 1. The third-order valence-electron chi connectivity index (χ3n) is 1.19. The van der Waals surface area contributed by atoms with E-state index in [1.54, 1.807) is 0 Å². The molecule has 0 aliphatic rings. The molecule has 1 aromatic heterocycles. The van der Waals surface area contributed by atoms with Gasteiger partial charge in [-0.1, -0.05) is 24.3 Å². The van der Waals surface area contributed by atoms with Crippen LogP contribution in [0.5, 0.6) is 0 Å². The molecule has 1 aromatic carbocycles. The Balaban J connectivity index is 0.000000500. The van der Waals surface area contributed by atoms with E-state index in [0.29, 0.717) is 0 Å². The first-order chi connectivity index (χ1) is 4.47. The Bertz CT molecular complexity index is 292. The van der Waals surface area contributed by atoms with E-state index in [9.17, 15) is 0 Å². The van der Waals surface area contributed by atoms with Gasteiger partial charge in [0.05, 0.1) is 0 Å². The van der Waals surface area contributed by atoms with Crippen LogP contribution in [0.4, 0.5) is 0 Å². The number of nitrogens with zero attached hydrogens (tertiary/aromatic N) is 3. The zero-order valence-electron chi connectivity index (χ0n) is 5.73. The van der Waals surface area contributed by atoms with Crippen LogP contribution in [-0.4, -0.2) is 15.8 Å². The Morgan fingerprint density at radius 2 is 1.91 bits per heavy atom. The van der Waals surface area contributed by atoms with Crippen molar-refractivity contribution in [3.63, 3.8) is 0 Å². The normalized spacial score (nSPS) is 8.36. The molecule has 0 unspecified atom stereocenters. The number of rotatable bonds is 0. The molecule has 2 aromatic rings. The Hall–Kier alpha value is -0.316. The molecule has 0 aliphatic carbocycles. The summed E-state index contributed by atoms with van der Waals surface area (Å²) in [7, 11) is 0. The van der Waals surface area contributed by atoms with E-state index in [0.717, 1.165) is 11.0 Å². The molecular formula is C6H6N3OY-. The van der Waals surface area contributed by atoms with Crippen molar-refractivity contribution in [1.82, 2.24) is 15.4 Å². The zero-order chi connectivity index (χ0) is 6.10. The van der Waals surface area contributed by atoms with Crippen molar-refractivity contribution in [3.05, 3.63) is 24.3 Å². The molecule has 0 saturated heterocycles. The van der Waals surface area contributed by atoms with Gasteiger partial charge in [0.2, 0.25) is 0 Å². The molecule has 0 spiro atoms. The minimum absolute atomic E-state index is 0. The van der Waals surface area contributed by atoms with Crippen LogP contribution in [-0.2, 0) is 32.7 Å². The number of hydrogen-bond acceptors (Lipinski definition) is 2. The van der Waals surface area contributed by atoms with Gasteiger partial charge in [0.25, 0.3) is 0 Å². The predicted octanol–water partition coefficient (Wildman–Crippen LogP) is -0.240. The fourth-order valence-electron chi connectivity index (χ4n) is 0.752. The fraction of sp³-hybridized carbons (Fsp3) is 0. The maximum absolute atomic E-state index is 3.76. The van der Waals surface area contributed by atoms with Crippen molar-refractivity contribution >= 4 is 11.0 Å². The molecule has 5 heteroatoms. The van der Waals surface area contributed by atoms with Crippen molar-refractivity contribution in [2.45, 2.75) is 0 Å². The number of hydrogen-bond donors (Lipinski definition) is 0. The largest absolute Gasteiger partial charge is 0.412 e. The molecule has 11 heavy (non-hydrogen) atoms. The van der Waals surface area contributed by atoms with E-state index in [2.05, 4.69) is 15.4 Å². The van der Waals surface area contributed by atoms with Crippen molar-refractivity contribution in [2.24, 2.45) is 0 Å². The average Bonchev–Trinajstić information content (AvgIpc) is 2.33. The van der Waals surface area contributed by atoms with Crippen LogP contribution < -0.4 is 5.10 Å². The van der Waals surface area contributed by atoms with Crippen molar-refractivity contribution < 1.29 is 38.2 Å². The molecule has 1 heterocycles. The second-order valence-electron chi connectivity index (χ2n) is 1.78. The first-order valence-corrected chi connectivity index (χ1v) is 2.67. The summed E-state index contributed by atoms with van der Waals surface area (Å²) < 4.78 is 0. The van der Waals surface area contributed by atoms with Gasteiger partial charge in [-0.3, -0.25) is 5.21 Å². The first-order valence-electron chi connectivity index (χ1n) is 2.67. The maximum atomic E-state index is 3.76. The second-order valence-corrected chi connectivity index (χ2v) is 1.78. The summed E-state index contributed by atoms with van der Waals surface area (Å²) in [6, 6.07) is 7.60. The van der Waals surface area contributed by atoms with Crippen LogP contribution >= 0.6 is 0 Å². The predicted molar refractivity (Wildman–Crippen MR) is 36.5 cm³/mol. The summed E-state index contributed by atoms with van der Waals surface area (Å²) in [6.45, 7) is 0. The second kappa shape index (κ2) is 4.54. The topological polar surface area (TPSA) is 71.4 Å². The molecule has 2 N–H and O–H groups in total. The van der Waals surface area contributed by atoms with Crippen LogP contribution in [0.1, 0.15) is 0 Å². The molecule has 1 radical (unpaired) electrons. The van der Waals surface area contributed by atoms with E-state index < -0.39 is 0 Å². The minimum Gasteiger partial charge on any atom is -0.412 e. The third-order valence-corrected chi connectivity index (χ3v) is 1.19. The summed E-state index contributed by atoms with van der Waals surface area (Å²) >= 11 is 0.